The van der Waals surface area contributed by atoms with Crippen LogP contribution in [0.1, 0.15) is 71.3 Å². The minimum atomic E-state index is -0.151. The highest BCUT2D eigenvalue weighted by atomic mass is 16.2. The van der Waals surface area contributed by atoms with Crippen molar-refractivity contribution in [3.63, 3.8) is 0 Å². The lowest BCUT2D eigenvalue weighted by Crippen LogP contribution is -2.64. The van der Waals surface area contributed by atoms with Gasteiger partial charge in [-0.15, -0.1) is 0 Å². The van der Waals surface area contributed by atoms with Crippen LogP contribution in [0.15, 0.2) is 30.3 Å². The summed E-state index contributed by atoms with van der Waals surface area (Å²) in [7, 11) is 0. The molecule has 3 heteroatoms. The number of rotatable bonds is 2. The Bertz CT molecular complexity index is 789. The van der Waals surface area contributed by atoms with Gasteiger partial charge in [-0.05, 0) is 72.7 Å². The number of benzene rings is 1. The number of piperidine rings is 1. The molecule has 5 fully saturated rings. The summed E-state index contributed by atoms with van der Waals surface area (Å²) in [6, 6.07) is 11.3. The fraction of sp³-hybridized carbons (Fsp3) is 0.720. The van der Waals surface area contributed by atoms with Crippen LogP contribution in [0, 0.1) is 22.2 Å². The van der Waals surface area contributed by atoms with Crippen LogP contribution in [0.5, 0.6) is 0 Å². The molecule has 4 saturated carbocycles. The molecule has 3 nitrogen and oxygen atoms in total. The Kier molecular flexibility index (Phi) is 3.89. The third kappa shape index (κ3) is 2.69. The van der Waals surface area contributed by atoms with Crippen LogP contribution in [-0.4, -0.2) is 29.9 Å². The van der Waals surface area contributed by atoms with Crippen molar-refractivity contribution in [2.45, 2.75) is 77.2 Å². The number of carbonyl (C=O) groups excluding carboxylic acids is 1. The van der Waals surface area contributed by atoms with E-state index in [0.29, 0.717) is 17.2 Å². The molecule has 5 atom stereocenters. The minimum Gasteiger partial charge on any atom is -0.342 e. The van der Waals surface area contributed by atoms with Crippen molar-refractivity contribution in [3.05, 3.63) is 35.9 Å². The highest BCUT2D eigenvalue weighted by Crippen LogP contribution is 2.70. The first-order chi connectivity index (χ1) is 13.2. The molecule has 6 rings (SSSR count). The van der Waals surface area contributed by atoms with Crippen LogP contribution in [0.3, 0.4) is 0 Å². The zero-order chi connectivity index (χ0) is 19.8. The molecule has 0 radical (unpaired) electrons. The summed E-state index contributed by atoms with van der Waals surface area (Å²) in [5, 5.41) is 0. The van der Waals surface area contributed by atoms with Crippen LogP contribution in [0.4, 0.5) is 0 Å². The van der Waals surface area contributed by atoms with Crippen molar-refractivity contribution in [2.24, 2.45) is 27.9 Å². The molecule has 1 aromatic rings. The Balaban J connectivity index is 1.50. The molecule has 1 aliphatic heterocycles. The van der Waals surface area contributed by atoms with Crippen LogP contribution in [0.2, 0.25) is 0 Å². The summed E-state index contributed by atoms with van der Waals surface area (Å²) in [6.45, 7) is 8.57. The van der Waals surface area contributed by atoms with Gasteiger partial charge >= 0.3 is 0 Å². The number of amides is 1. The van der Waals surface area contributed by atoms with E-state index in [1.807, 2.05) is 0 Å². The summed E-state index contributed by atoms with van der Waals surface area (Å²) >= 11 is 0. The fourth-order valence-electron chi connectivity index (χ4n) is 8.16. The van der Waals surface area contributed by atoms with Crippen LogP contribution >= 0.6 is 0 Å². The molecule has 2 N–H and O–H groups in total. The lowest BCUT2D eigenvalue weighted by Gasteiger charge is -2.66. The highest BCUT2D eigenvalue weighted by Gasteiger charge is 2.65. The van der Waals surface area contributed by atoms with Crippen molar-refractivity contribution in [2.75, 3.05) is 13.1 Å². The standard InChI is InChI=1S/C25H36N2O/c1-22(2)17-27(10-9-20(22)26)21(28)25-13-18-11-23(3,15-25)14-24(12-18,16-25)19-7-5-4-6-8-19/h4-8,18,20H,9-17,26H2,1-3H3/t18-,20-,23+,24+,25-/m0/s1. The van der Waals surface area contributed by atoms with Crippen molar-refractivity contribution in [3.8, 4) is 0 Å². The Morgan fingerprint density at radius 1 is 1.04 bits per heavy atom. The molecule has 1 heterocycles. The molecule has 0 aromatic heterocycles. The van der Waals surface area contributed by atoms with E-state index in [4.69, 9.17) is 5.73 Å². The van der Waals surface area contributed by atoms with Gasteiger partial charge in [0, 0.05) is 19.1 Å². The molecule has 0 unspecified atom stereocenters. The lowest BCUT2D eigenvalue weighted by molar-refractivity contribution is -0.173. The molecule has 28 heavy (non-hydrogen) atoms. The minimum absolute atomic E-state index is 0.0111. The van der Waals surface area contributed by atoms with Gasteiger partial charge in [0.1, 0.15) is 0 Å². The van der Waals surface area contributed by atoms with E-state index in [1.165, 1.54) is 24.8 Å². The van der Waals surface area contributed by atoms with Crippen molar-refractivity contribution >= 4 is 5.91 Å². The monoisotopic (exact) mass is 380 g/mol. The van der Waals surface area contributed by atoms with Crippen molar-refractivity contribution in [1.29, 1.82) is 0 Å². The average molecular weight is 381 g/mol. The van der Waals surface area contributed by atoms with Crippen molar-refractivity contribution in [1.82, 2.24) is 4.90 Å². The molecule has 1 saturated heterocycles. The van der Waals surface area contributed by atoms with E-state index in [-0.39, 0.29) is 22.3 Å². The van der Waals surface area contributed by atoms with E-state index in [9.17, 15) is 4.79 Å². The summed E-state index contributed by atoms with van der Waals surface area (Å²) < 4.78 is 0. The largest absolute Gasteiger partial charge is 0.342 e. The van der Waals surface area contributed by atoms with Gasteiger partial charge in [-0.25, -0.2) is 0 Å². The maximum atomic E-state index is 14.0. The summed E-state index contributed by atoms with van der Waals surface area (Å²) in [4.78, 5) is 16.2. The van der Waals surface area contributed by atoms with Gasteiger partial charge in [0.05, 0.1) is 5.41 Å². The summed E-state index contributed by atoms with van der Waals surface area (Å²) in [5.74, 6) is 1.15. The predicted octanol–water partition coefficient (Wildman–Crippen LogP) is 4.50. The van der Waals surface area contributed by atoms with Gasteiger partial charge in [-0.1, -0.05) is 51.1 Å². The van der Waals surface area contributed by atoms with E-state index in [2.05, 4.69) is 56.0 Å². The molecule has 1 amide bonds. The van der Waals surface area contributed by atoms with E-state index < -0.39 is 0 Å². The van der Waals surface area contributed by atoms with E-state index >= 15 is 0 Å². The number of likely N-dealkylation sites (tertiary alicyclic amines) is 1. The first kappa shape index (κ1) is 18.7. The lowest BCUT2D eigenvalue weighted by atomic mass is 9.38. The molecule has 5 aliphatic rings. The smallest absolute Gasteiger partial charge is 0.228 e. The summed E-state index contributed by atoms with van der Waals surface area (Å²) in [6.07, 6.45) is 8.03. The van der Waals surface area contributed by atoms with Gasteiger partial charge in [0.15, 0.2) is 0 Å². The first-order valence-corrected chi connectivity index (χ1v) is 11.3. The Labute approximate surface area is 170 Å². The normalized spacial score (nSPS) is 43.9. The van der Waals surface area contributed by atoms with Gasteiger partial charge in [0.2, 0.25) is 5.91 Å². The van der Waals surface area contributed by atoms with Gasteiger partial charge in [-0.2, -0.15) is 0 Å². The molecule has 4 bridgehead atoms. The maximum absolute atomic E-state index is 14.0. The third-order valence-corrected chi connectivity index (χ3v) is 8.79. The number of hydrogen-bond acceptors (Lipinski definition) is 2. The Morgan fingerprint density at radius 3 is 2.46 bits per heavy atom. The van der Waals surface area contributed by atoms with Crippen molar-refractivity contribution < 1.29 is 4.79 Å². The Hall–Kier alpha value is -1.35. The topological polar surface area (TPSA) is 46.3 Å². The number of carbonyl (C=O) groups is 1. The van der Waals surface area contributed by atoms with E-state index in [0.717, 1.165) is 38.8 Å². The molecular formula is C25H36N2O. The second kappa shape index (κ2) is 5.84. The average Bonchev–Trinajstić information content (AvgIpc) is 2.62. The highest BCUT2D eigenvalue weighted by molar-refractivity contribution is 5.84. The van der Waals surface area contributed by atoms with Crippen LogP contribution < -0.4 is 5.73 Å². The number of nitrogens with zero attached hydrogens (tertiary/aromatic N) is 1. The SMILES string of the molecule is CC1(C)CN(C(=O)[C@@]23C[C@H]4C[C@@](C)(C2)C[C@](c2ccccc2)(C4)C3)CC[C@@H]1N. The predicted molar refractivity (Wildman–Crippen MR) is 113 cm³/mol. The van der Waals surface area contributed by atoms with Gasteiger partial charge in [-0.3, -0.25) is 4.79 Å². The second-order valence-corrected chi connectivity index (χ2v) is 11.9. The fourth-order valence-corrected chi connectivity index (χ4v) is 8.16. The van der Waals surface area contributed by atoms with Crippen LogP contribution in [-0.2, 0) is 10.2 Å². The van der Waals surface area contributed by atoms with Gasteiger partial charge < -0.3 is 10.6 Å². The zero-order valence-corrected chi connectivity index (χ0v) is 17.8. The second-order valence-electron chi connectivity index (χ2n) is 11.9. The zero-order valence-electron chi connectivity index (χ0n) is 17.8. The maximum Gasteiger partial charge on any atom is 0.228 e. The molecule has 4 aliphatic carbocycles. The Morgan fingerprint density at radius 2 is 1.79 bits per heavy atom. The molecule has 1 aromatic carbocycles. The molecular weight excluding hydrogens is 344 g/mol. The molecule has 0 spiro atoms. The summed E-state index contributed by atoms with van der Waals surface area (Å²) in [5.41, 5.74) is 8.21. The van der Waals surface area contributed by atoms with Crippen LogP contribution in [0.25, 0.3) is 0 Å². The molecule has 152 valence electrons. The van der Waals surface area contributed by atoms with E-state index in [1.54, 1.807) is 0 Å². The third-order valence-electron chi connectivity index (χ3n) is 8.79. The number of nitrogens with two attached hydrogens (primary N) is 1. The quantitative estimate of drug-likeness (QED) is 0.821. The number of hydrogen-bond donors (Lipinski definition) is 1. The first-order valence-electron chi connectivity index (χ1n) is 11.3. The van der Waals surface area contributed by atoms with Gasteiger partial charge in [0.25, 0.3) is 0 Å².